The topological polar surface area (TPSA) is 26.3 Å². The Labute approximate surface area is 85.0 Å². The number of rotatable bonds is 0. The average Bonchev–Trinajstić information content (AvgIpc) is 2.32. The van der Waals surface area contributed by atoms with E-state index in [0.717, 1.165) is 10.0 Å². The molecule has 3 heteroatoms. The van der Waals surface area contributed by atoms with E-state index in [1.807, 2.05) is 19.1 Å². The van der Waals surface area contributed by atoms with Crippen molar-refractivity contribution in [3.8, 4) is 5.75 Å². The van der Waals surface area contributed by atoms with Gasteiger partial charge in [0.2, 0.25) is 5.78 Å². The first-order valence-electron chi connectivity index (χ1n) is 4.10. The summed E-state index contributed by atoms with van der Waals surface area (Å²) in [4.78, 5) is 11.5. The quantitative estimate of drug-likeness (QED) is 0.698. The number of benzene rings is 1. The summed E-state index contributed by atoms with van der Waals surface area (Å²) in [6.45, 7) is 3.73. The SMILES string of the molecule is Cc1cc2c(cc1Br)OC(C)C2=O. The molecule has 0 aliphatic carbocycles. The molecule has 2 nitrogen and oxygen atoms in total. The molecule has 1 aliphatic heterocycles. The number of carbonyl (C=O) groups excluding carboxylic acids is 1. The molecule has 13 heavy (non-hydrogen) atoms. The second-order valence-electron chi connectivity index (χ2n) is 3.22. The van der Waals surface area contributed by atoms with Gasteiger partial charge in [0, 0.05) is 4.47 Å². The molecule has 1 unspecified atom stereocenters. The predicted octanol–water partition coefficient (Wildman–Crippen LogP) is 2.72. The molecule has 1 aliphatic rings. The first-order valence-corrected chi connectivity index (χ1v) is 4.90. The molecule has 1 heterocycles. The fourth-order valence-corrected chi connectivity index (χ4v) is 1.74. The Kier molecular flexibility index (Phi) is 1.91. The van der Waals surface area contributed by atoms with Crippen LogP contribution in [0.3, 0.4) is 0 Å². The van der Waals surface area contributed by atoms with Crippen molar-refractivity contribution in [1.82, 2.24) is 0 Å². The first-order chi connectivity index (χ1) is 6.09. The Morgan fingerprint density at radius 2 is 2.15 bits per heavy atom. The normalized spacial score (nSPS) is 19.9. The van der Waals surface area contributed by atoms with E-state index in [1.54, 1.807) is 6.92 Å². The summed E-state index contributed by atoms with van der Waals surface area (Å²) < 4.78 is 6.36. The van der Waals surface area contributed by atoms with Crippen molar-refractivity contribution in [2.24, 2.45) is 0 Å². The summed E-state index contributed by atoms with van der Waals surface area (Å²) in [6.07, 6.45) is -0.330. The molecule has 0 saturated heterocycles. The number of ketones is 1. The van der Waals surface area contributed by atoms with Crippen LogP contribution in [0.25, 0.3) is 0 Å². The summed E-state index contributed by atoms with van der Waals surface area (Å²) in [6, 6.07) is 3.72. The lowest BCUT2D eigenvalue weighted by Crippen LogP contribution is -2.14. The minimum absolute atomic E-state index is 0.0746. The molecule has 68 valence electrons. The Morgan fingerprint density at radius 3 is 2.85 bits per heavy atom. The van der Waals surface area contributed by atoms with Gasteiger partial charge in [-0.3, -0.25) is 4.79 Å². The highest BCUT2D eigenvalue weighted by Crippen LogP contribution is 2.33. The Bertz CT molecular complexity index is 385. The van der Waals surface area contributed by atoms with E-state index in [9.17, 15) is 4.79 Å². The van der Waals surface area contributed by atoms with E-state index in [0.29, 0.717) is 11.3 Å². The highest BCUT2D eigenvalue weighted by molar-refractivity contribution is 9.10. The van der Waals surface area contributed by atoms with Gasteiger partial charge in [-0.2, -0.15) is 0 Å². The average molecular weight is 241 g/mol. The van der Waals surface area contributed by atoms with Crippen LogP contribution in [-0.4, -0.2) is 11.9 Å². The zero-order valence-electron chi connectivity index (χ0n) is 7.43. The van der Waals surface area contributed by atoms with Crippen molar-refractivity contribution in [3.63, 3.8) is 0 Å². The highest BCUT2D eigenvalue weighted by Gasteiger charge is 2.29. The van der Waals surface area contributed by atoms with Gasteiger partial charge in [0.1, 0.15) is 5.75 Å². The summed E-state index contributed by atoms with van der Waals surface area (Å²) in [5.41, 5.74) is 1.76. The molecule has 0 fully saturated rings. The lowest BCUT2D eigenvalue weighted by Gasteiger charge is -2.02. The molecule has 0 radical (unpaired) electrons. The van der Waals surface area contributed by atoms with Crippen LogP contribution in [0.15, 0.2) is 16.6 Å². The van der Waals surface area contributed by atoms with Crippen molar-refractivity contribution in [1.29, 1.82) is 0 Å². The standard InChI is InChI=1S/C10H9BrO2/c1-5-3-7-9(4-8(5)11)13-6(2)10(7)12/h3-4,6H,1-2H3. The van der Waals surface area contributed by atoms with Crippen molar-refractivity contribution in [3.05, 3.63) is 27.7 Å². The third-order valence-corrected chi connectivity index (χ3v) is 3.05. The number of carbonyl (C=O) groups is 1. The monoisotopic (exact) mass is 240 g/mol. The lowest BCUT2D eigenvalue weighted by molar-refractivity contribution is 0.0878. The van der Waals surface area contributed by atoms with Gasteiger partial charge in [0.05, 0.1) is 5.56 Å². The molecule has 0 bridgehead atoms. The summed E-state index contributed by atoms with van der Waals surface area (Å²) in [7, 11) is 0. The molecule has 1 aromatic rings. The number of fused-ring (bicyclic) bond motifs is 1. The van der Waals surface area contributed by atoms with Crippen LogP contribution in [0.5, 0.6) is 5.75 Å². The van der Waals surface area contributed by atoms with Gasteiger partial charge in [0.15, 0.2) is 6.10 Å². The van der Waals surface area contributed by atoms with E-state index in [2.05, 4.69) is 15.9 Å². The molecule has 1 aromatic carbocycles. The maximum Gasteiger partial charge on any atom is 0.206 e. The van der Waals surface area contributed by atoms with Gasteiger partial charge in [-0.15, -0.1) is 0 Å². The highest BCUT2D eigenvalue weighted by atomic mass is 79.9. The minimum Gasteiger partial charge on any atom is -0.482 e. The zero-order chi connectivity index (χ0) is 9.59. The summed E-state index contributed by atoms with van der Waals surface area (Å²) in [5.74, 6) is 0.764. The van der Waals surface area contributed by atoms with Gasteiger partial charge in [-0.25, -0.2) is 0 Å². The maximum atomic E-state index is 11.5. The smallest absolute Gasteiger partial charge is 0.206 e. The van der Waals surface area contributed by atoms with Crippen LogP contribution in [0.4, 0.5) is 0 Å². The van der Waals surface area contributed by atoms with Crippen molar-refractivity contribution >= 4 is 21.7 Å². The maximum absolute atomic E-state index is 11.5. The van der Waals surface area contributed by atoms with Gasteiger partial charge in [-0.05, 0) is 31.5 Å². The molecule has 0 saturated carbocycles. The summed E-state index contributed by atoms with van der Waals surface area (Å²) in [5, 5.41) is 0. The van der Waals surface area contributed by atoms with Crippen LogP contribution in [-0.2, 0) is 0 Å². The zero-order valence-corrected chi connectivity index (χ0v) is 9.01. The number of hydrogen-bond donors (Lipinski definition) is 0. The second-order valence-corrected chi connectivity index (χ2v) is 4.08. The minimum atomic E-state index is -0.330. The Morgan fingerprint density at radius 1 is 1.46 bits per heavy atom. The van der Waals surface area contributed by atoms with Crippen LogP contribution in [0.1, 0.15) is 22.8 Å². The van der Waals surface area contributed by atoms with Crippen molar-refractivity contribution in [2.45, 2.75) is 20.0 Å². The second kappa shape index (κ2) is 2.84. The summed E-state index contributed by atoms with van der Waals surface area (Å²) >= 11 is 3.40. The van der Waals surface area contributed by atoms with Crippen LogP contribution in [0, 0.1) is 6.92 Å². The van der Waals surface area contributed by atoms with E-state index in [4.69, 9.17) is 4.74 Å². The molecule has 0 N–H and O–H groups in total. The fourth-order valence-electron chi connectivity index (χ4n) is 1.42. The van der Waals surface area contributed by atoms with E-state index >= 15 is 0 Å². The third-order valence-electron chi connectivity index (χ3n) is 2.20. The van der Waals surface area contributed by atoms with Gasteiger partial charge in [0.25, 0.3) is 0 Å². The third kappa shape index (κ3) is 1.27. The van der Waals surface area contributed by atoms with Crippen LogP contribution in [0.2, 0.25) is 0 Å². The first kappa shape index (κ1) is 8.75. The predicted molar refractivity (Wildman–Crippen MR) is 53.3 cm³/mol. The number of ether oxygens (including phenoxy) is 1. The molecule has 2 rings (SSSR count). The number of aryl methyl sites for hydroxylation is 1. The molecular weight excluding hydrogens is 232 g/mol. The molecule has 0 spiro atoms. The number of Topliss-reactive ketones (excluding diaryl/α,β-unsaturated/α-hetero) is 1. The Hall–Kier alpha value is -0.830. The van der Waals surface area contributed by atoms with Crippen LogP contribution < -0.4 is 4.74 Å². The van der Waals surface area contributed by atoms with Crippen molar-refractivity contribution < 1.29 is 9.53 Å². The van der Waals surface area contributed by atoms with Gasteiger partial charge < -0.3 is 4.74 Å². The number of hydrogen-bond acceptors (Lipinski definition) is 2. The number of halogens is 1. The molecular formula is C10H9BrO2. The van der Waals surface area contributed by atoms with Crippen LogP contribution >= 0.6 is 15.9 Å². The van der Waals surface area contributed by atoms with Gasteiger partial charge >= 0.3 is 0 Å². The van der Waals surface area contributed by atoms with E-state index < -0.39 is 0 Å². The lowest BCUT2D eigenvalue weighted by atomic mass is 10.1. The van der Waals surface area contributed by atoms with Crippen molar-refractivity contribution in [2.75, 3.05) is 0 Å². The molecule has 0 amide bonds. The van der Waals surface area contributed by atoms with E-state index in [1.165, 1.54) is 0 Å². The largest absolute Gasteiger partial charge is 0.482 e. The van der Waals surface area contributed by atoms with E-state index in [-0.39, 0.29) is 11.9 Å². The van der Waals surface area contributed by atoms with Gasteiger partial charge in [-0.1, -0.05) is 15.9 Å². The Balaban J connectivity index is 2.59. The molecule has 1 atom stereocenters. The fraction of sp³-hybridized carbons (Fsp3) is 0.300. The molecule has 0 aromatic heterocycles.